The smallest absolute Gasteiger partial charge is 0.393 e. The van der Waals surface area contributed by atoms with E-state index >= 15 is 0 Å². The molecule has 7 nitrogen and oxygen atoms in total. The van der Waals surface area contributed by atoms with Gasteiger partial charge in [0.25, 0.3) is 4.96 Å². The monoisotopic (exact) mass is 290 g/mol. The average molecular weight is 290 g/mol. The van der Waals surface area contributed by atoms with Crippen molar-refractivity contribution >= 4 is 27.8 Å². The summed E-state index contributed by atoms with van der Waals surface area (Å²) >= 11 is 1.30. The molecule has 2 N–H and O–H groups in total. The number of aromatic nitrogens is 2. The molecule has 20 heavy (non-hydrogen) atoms. The zero-order chi connectivity index (χ0) is 14.3. The van der Waals surface area contributed by atoms with Crippen molar-refractivity contribution in [1.29, 1.82) is 0 Å². The third kappa shape index (κ3) is 1.95. The Bertz CT molecular complexity index is 808. The molecule has 0 spiro atoms. The van der Waals surface area contributed by atoms with Crippen molar-refractivity contribution < 1.29 is 9.66 Å². The number of imidazole rings is 1. The predicted octanol–water partition coefficient (Wildman–Crippen LogP) is 2.99. The van der Waals surface area contributed by atoms with Gasteiger partial charge in [-0.25, -0.2) is 0 Å². The highest BCUT2D eigenvalue weighted by atomic mass is 32.1. The normalized spacial score (nSPS) is 10.8. The maximum absolute atomic E-state index is 11.2. The zero-order valence-corrected chi connectivity index (χ0v) is 11.3. The van der Waals surface area contributed by atoms with Crippen molar-refractivity contribution in [2.45, 2.75) is 6.92 Å². The summed E-state index contributed by atoms with van der Waals surface area (Å²) in [5, 5.41) is 12.9. The van der Waals surface area contributed by atoms with Crippen LogP contribution in [-0.4, -0.2) is 14.3 Å². The number of hydrogen-bond donors (Lipinski definition) is 1. The van der Waals surface area contributed by atoms with Gasteiger partial charge in [-0.1, -0.05) is 11.3 Å². The molecule has 0 radical (unpaired) electrons. The second-order valence-corrected chi connectivity index (χ2v) is 5.05. The lowest BCUT2D eigenvalue weighted by Gasteiger charge is -2.06. The lowest BCUT2D eigenvalue weighted by atomic mass is 10.2. The fourth-order valence-corrected chi connectivity index (χ4v) is 2.58. The number of nitrogens with zero attached hydrogens (tertiary/aromatic N) is 3. The van der Waals surface area contributed by atoms with Gasteiger partial charge < -0.3 is 20.6 Å². The van der Waals surface area contributed by atoms with Crippen LogP contribution in [0, 0.1) is 17.0 Å². The van der Waals surface area contributed by atoms with Crippen LogP contribution < -0.4 is 10.5 Å². The minimum atomic E-state index is -0.505. The first-order valence-corrected chi connectivity index (χ1v) is 6.58. The van der Waals surface area contributed by atoms with E-state index in [2.05, 4.69) is 4.98 Å². The van der Waals surface area contributed by atoms with Crippen LogP contribution in [0.2, 0.25) is 0 Å². The minimum absolute atomic E-state index is 0.0188. The quantitative estimate of drug-likeness (QED) is 0.454. The van der Waals surface area contributed by atoms with E-state index in [4.69, 9.17) is 10.5 Å². The van der Waals surface area contributed by atoms with Crippen molar-refractivity contribution in [2.75, 3.05) is 5.73 Å². The Labute approximate surface area is 117 Å². The molecule has 3 aromatic rings. The molecule has 0 amide bonds. The predicted molar refractivity (Wildman–Crippen MR) is 75.4 cm³/mol. The van der Waals surface area contributed by atoms with Crippen LogP contribution in [0.4, 0.5) is 11.5 Å². The number of nitro groups is 1. The van der Waals surface area contributed by atoms with Crippen molar-refractivity contribution in [1.82, 2.24) is 9.38 Å². The van der Waals surface area contributed by atoms with E-state index < -0.39 is 4.92 Å². The van der Waals surface area contributed by atoms with E-state index in [1.165, 1.54) is 15.7 Å². The Morgan fingerprint density at radius 1 is 1.50 bits per heavy atom. The summed E-state index contributed by atoms with van der Waals surface area (Å²) in [6, 6.07) is 5.08. The topological polar surface area (TPSA) is 95.7 Å². The maximum atomic E-state index is 11.2. The summed E-state index contributed by atoms with van der Waals surface area (Å²) in [6.07, 6.45) is 1.59. The summed E-state index contributed by atoms with van der Waals surface area (Å²) in [7, 11) is 0. The van der Waals surface area contributed by atoms with E-state index in [1.54, 1.807) is 29.8 Å². The fourth-order valence-electron chi connectivity index (χ4n) is 1.88. The molecule has 0 saturated carbocycles. The molecule has 0 aliphatic carbocycles. The molecule has 3 rings (SSSR count). The molecule has 0 fully saturated rings. The number of rotatable bonds is 3. The summed E-state index contributed by atoms with van der Waals surface area (Å²) in [5.74, 6) is 0.292. The van der Waals surface area contributed by atoms with Crippen LogP contribution in [0.1, 0.15) is 5.56 Å². The number of aryl methyl sites for hydroxylation is 1. The maximum Gasteiger partial charge on any atom is 0.393 e. The Hall–Kier alpha value is -2.61. The number of benzene rings is 1. The highest BCUT2D eigenvalue weighted by molar-refractivity contribution is 7.15. The van der Waals surface area contributed by atoms with Crippen LogP contribution in [0.25, 0.3) is 4.96 Å². The fraction of sp³-hybridized carbons (Fsp3) is 0.0833. The van der Waals surface area contributed by atoms with Gasteiger partial charge in [0, 0.05) is 11.1 Å². The summed E-state index contributed by atoms with van der Waals surface area (Å²) < 4.78 is 6.97. The second kappa shape index (κ2) is 4.49. The van der Waals surface area contributed by atoms with E-state index in [1.807, 2.05) is 6.92 Å². The van der Waals surface area contributed by atoms with E-state index in [9.17, 15) is 10.1 Å². The molecule has 0 aliphatic rings. The molecule has 0 bridgehead atoms. The van der Waals surface area contributed by atoms with Crippen molar-refractivity contribution in [3.8, 4) is 11.6 Å². The number of thiazole rings is 1. The van der Waals surface area contributed by atoms with Gasteiger partial charge in [-0.3, -0.25) is 0 Å². The largest absolute Gasteiger partial charge is 0.432 e. The number of hydrogen-bond acceptors (Lipinski definition) is 6. The first kappa shape index (κ1) is 12.4. The molecule has 8 heteroatoms. The third-order valence-electron chi connectivity index (χ3n) is 2.78. The molecular weight excluding hydrogens is 280 g/mol. The number of ether oxygens (including phenoxy) is 1. The van der Waals surface area contributed by atoms with Crippen LogP contribution in [-0.2, 0) is 0 Å². The van der Waals surface area contributed by atoms with Gasteiger partial charge in [-0.15, -0.1) is 0 Å². The van der Waals surface area contributed by atoms with Gasteiger partial charge in [0.15, 0.2) is 0 Å². The number of nitrogens with two attached hydrogens (primary N) is 1. The first-order chi connectivity index (χ1) is 9.56. The van der Waals surface area contributed by atoms with Gasteiger partial charge in [0.1, 0.15) is 11.9 Å². The van der Waals surface area contributed by atoms with Gasteiger partial charge in [-0.05, 0) is 35.6 Å². The third-order valence-corrected chi connectivity index (χ3v) is 3.54. The molecule has 2 heterocycles. The number of nitrogen functional groups attached to an aromatic ring is 1. The Morgan fingerprint density at radius 2 is 2.30 bits per heavy atom. The molecular formula is C12H10N4O3S. The number of anilines is 1. The Kier molecular flexibility index (Phi) is 2.79. The molecule has 2 aromatic heterocycles. The SMILES string of the molecule is Cc1cc(N)ccc1Oc1nc2sccn2c1[N+](=O)[O-]. The molecule has 0 atom stereocenters. The van der Waals surface area contributed by atoms with E-state index in [-0.39, 0.29) is 11.7 Å². The average Bonchev–Trinajstić information content (AvgIpc) is 2.91. The molecule has 1 aromatic carbocycles. The molecule has 0 aliphatic heterocycles. The van der Waals surface area contributed by atoms with E-state index in [0.29, 0.717) is 16.4 Å². The minimum Gasteiger partial charge on any atom is -0.432 e. The molecule has 0 unspecified atom stereocenters. The summed E-state index contributed by atoms with van der Waals surface area (Å²) in [5.41, 5.74) is 7.06. The molecule has 102 valence electrons. The van der Waals surface area contributed by atoms with Crippen LogP contribution in [0.5, 0.6) is 11.6 Å². The highest BCUT2D eigenvalue weighted by Crippen LogP contribution is 2.34. The zero-order valence-electron chi connectivity index (χ0n) is 10.4. The van der Waals surface area contributed by atoms with Crippen LogP contribution in [0.15, 0.2) is 29.8 Å². The highest BCUT2D eigenvalue weighted by Gasteiger charge is 2.26. The van der Waals surface area contributed by atoms with E-state index in [0.717, 1.165) is 5.56 Å². The summed E-state index contributed by atoms with van der Waals surface area (Å²) in [4.78, 5) is 15.3. The Morgan fingerprint density at radius 3 is 3.00 bits per heavy atom. The van der Waals surface area contributed by atoms with Gasteiger partial charge in [0.2, 0.25) is 0 Å². The standard InChI is InChI=1S/C12H10N4O3S/c1-7-6-8(13)2-3-9(7)19-10-11(16(17)18)15-4-5-20-12(15)14-10/h2-6H,13H2,1H3. The van der Waals surface area contributed by atoms with Gasteiger partial charge >= 0.3 is 11.7 Å². The lowest BCUT2D eigenvalue weighted by Crippen LogP contribution is -1.96. The lowest BCUT2D eigenvalue weighted by molar-refractivity contribution is -0.391. The van der Waals surface area contributed by atoms with Gasteiger partial charge in [0.05, 0.1) is 0 Å². The van der Waals surface area contributed by atoms with Crippen LogP contribution in [0.3, 0.4) is 0 Å². The first-order valence-electron chi connectivity index (χ1n) is 5.70. The molecule has 0 saturated heterocycles. The van der Waals surface area contributed by atoms with Crippen molar-refractivity contribution in [2.24, 2.45) is 0 Å². The van der Waals surface area contributed by atoms with Crippen LogP contribution >= 0.6 is 11.3 Å². The summed E-state index contributed by atoms with van der Waals surface area (Å²) in [6.45, 7) is 1.82. The van der Waals surface area contributed by atoms with Crippen molar-refractivity contribution in [3.63, 3.8) is 0 Å². The Balaban J connectivity index is 2.08. The second-order valence-electron chi connectivity index (χ2n) is 4.18. The van der Waals surface area contributed by atoms with Gasteiger partial charge in [-0.2, -0.15) is 9.38 Å². The van der Waals surface area contributed by atoms with Crippen molar-refractivity contribution in [3.05, 3.63) is 45.5 Å². The number of fused-ring (bicyclic) bond motifs is 1.